The first-order chi connectivity index (χ1) is 16.2. The quantitative estimate of drug-likeness (QED) is 0.478. The van der Waals surface area contributed by atoms with Crippen molar-refractivity contribution in [3.63, 3.8) is 0 Å². The second-order valence-corrected chi connectivity index (χ2v) is 8.65. The van der Waals surface area contributed by atoms with Crippen LogP contribution in [0.4, 0.5) is 5.82 Å². The van der Waals surface area contributed by atoms with Crippen molar-refractivity contribution >= 4 is 29.4 Å². The zero-order valence-corrected chi connectivity index (χ0v) is 19.4. The number of ether oxygens (including phenoxy) is 1. The molecule has 0 radical (unpaired) electrons. The fraction of sp³-hybridized carbons (Fsp3) is 0.269. The number of nitrogens with zero attached hydrogens (tertiary/aromatic N) is 2. The summed E-state index contributed by atoms with van der Waals surface area (Å²) in [4.78, 5) is 32.7. The molecule has 2 heterocycles. The largest absolute Gasteiger partial charge is 0.472 e. The van der Waals surface area contributed by atoms with Gasteiger partial charge in [0.15, 0.2) is 11.6 Å². The van der Waals surface area contributed by atoms with E-state index in [1.807, 2.05) is 36.4 Å². The summed E-state index contributed by atoms with van der Waals surface area (Å²) in [5.74, 6) is 0.894. The van der Waals surface area contributed by atoms with Gasteiger partial charge in [0.05, 0.1) is 0 Å². The van der Waals surface area contributed by atoms with Gasteiger partial charge in [0, 0.05) is 36.2 Å². The second-order valence-electron chi connectivity index (χ2n) is 7.78. The van der Waals surface area contributed by atoms with Crippen molar-refractivity contribution in [2.45, 2.75) is 30.3 Å². The number of benzene rings is 2. The Morgan fingerprint density at radius 1 is 1.09 bits per heavy atom. The molecule has 1 aliphatic rings. The summed E-state index contributed by atoms with van der Waals surface area (Å²) in [6.07, 6.45) is 4.65. The maximum absolute atomic E-state index is 13.2. The Hall–Kier alpha value is -3.32. The molecule has 0 saturated carbocycles. The van der Waals surface area contributed by atoms with Crippen LogP contribution in [0.25, 0.3) is 0 Å². The van der Waals surface area contributed by atoms with Crippen molar-refractivity contribution in [3.8, 4) is 5.75 Å². The van der Waals surface area contributed by atoms with Gasteiger partial charge >= 0.3 is 0 Å². The Labute approximate surface area is 198 Å². The van der Waals surface area contributed by atoms with Crippen LogP contribution in [-0.4, -0.2) is 36.1 Å². The number of carbonyl (C=O) groups is 2. The van der Waals surface area contributed by atoms with E-state index in [-0.39, 0.29) is 11.8 Å². The van der Waals surface area contributed by atoms with Gasteiger partial charge in [-0.2, -0.15) is 0 Å². The highest BCUT2D eigenvalue weighted by atomic mass is 32.2. The predicted molar refractivity (Wildman–Crippen MR) is 131 cm³/mol. The van der Waals surface area contributed by atoms with Crippen molar-refractivity contribution in [2.24, 2.45) is 0 Å². The highest BCUT2D eigenvalue weighted by Crippen LogP contribution is 2.37. The monoisotopic (exact) mass is 461 g/mol. The first-order valence-electron chi connectivity index (χ1n) is 11.0. The Morgan fingerprint density at radius 3 is 2.64 bits per heavy atom. The number of hydrogen-bond donors (Lipinski definition) is 1. The van der Waals surface area contributed by atoms with Crippen molar-refractivity contribution < 1.29 is 14.3 Å². The molecule has 3 aromatic rings. The number of hydrogen-bond acceptors (Lipinski definition) is 5. The molecule has 33 heavy (non-hydrogen) atoms. The average molecular weight is 462 g/mol. The third-order valence-corrected chi connectivity index (χ3v) is 6.27. The summed E-state index contributed by atoms with van der Waals surface area (Å²) >= 11 is 1.71. The summed E-state index contributed by atoms with van der Waals surface area (Å²) < 4.78 is 5.96. The van der Waals surface area contributed by atoms with E-state index in [2.05, 4.69) is 40.8 Å². The van der Waals surface area contributed by atoms with Crippen LogP contribution in [0, 0.1) is 0 Å². The predicted octanol–water partition coefficient (Wildman–Crippen LogP) is 4.41. The van der Waals surface area contributed by atoms with Gasteiger partial charge in [0.25, 0.3) is 5.91 Å². The number of thioether (sulfide) groups is 1. The van der Waals surface area contributed by atoms with Crippen molar-refractivity contribution in [3.05, 3.63) is 84.1 Å². The third-order valence-electron chi connectivity index (χ3n) is 5.52. The van der Waals surface area contributed by atoms with E-state index in [0.29, 0.717) is 37.5 Å². The molecule has 1 aliphatic heterocycles. The smallest absolute Gasteiger partial charge is 0.274 e. The molecule has 4 rings (SSSR count). The Balaban J connectivity index is 1.31. The Morgan fingerprint density at radius 2 is 1.88 bits per heavy atom. The molecule has 2 aromatic carbocycles. The number of aromatic nitrogens is 1. The average Bonchev–Trinajstić information content (AvgIpc) is 2.86. The summed E-state index contributed by atoms with van der Waals surface area (Å²) in [5.41, 5.74) is 1.99. The SMILES string of the molecule is CSc1ccc(CCNC(=O)CCCN2C(=O)C(c3ccccc3)Oc3cccnc32)cc1. The lowest BCUT2D eigenvalue weighted by Gasteiger charge is -2.33. The molecular weight excluding hydrogens is 434 g/mol. The molecule has 0 saturated heterocycles. The van der Waals surface area contributed by atoms with E-state index in [4.69, 9.17) is 4.74 Å². The lowest BCUT2D eigenvalue weighted by atomic mass is 10.1. The van der Waals surface area contributed by atoms with E-state index in [9.17, 15) is 9.59 Å². The molecule has 0 fully saturated rings. The Kier molecular flexibility index (Phi) is 7.62. The van der Waals surface area contributed by atoms with Crippen LogP contribution in [-0.2, 0) is 16.0 Å². The molecule has 1 aromatic heterocycles. The highest BCUT2D eigenvalue weighted by Gasteiger charge is 2.36. The summed E-state index contributed by atoms with van der Waals surface area (Å²) in [6.45, 7) is 0.994. The minimum Gasteiger partial charge on any atom is -0.472 e. The molecule has 0 bridgehead atoms. The fourth-order valence-electron chi connectivity index (χ4n) is 3.78. The zero-order chi connectivity index (χ0) is 23.0. The highest BCUT2D eigenvalue weighted by molar-refractivity contribution is 7.98. The molecule has 6 nitrogen and oxygen atoms in total. The second kappa shape index (κ2) is 11.0. The van der Waals surface area contributed by atoms with Crippen LogP contribution in [0.15, 0.2) is 77.8 Å². The number of nitrogens with one attached hydrogen (secondary N) is 1. The third kappa shape index (κ3) is 5.73. The normalized spacial score (nSPS) is 15.0. The Bertz CT molecular complexity index is 1090. The van der Waals surface area contributed by atoms with E-state index in [1.165, 1.54) is 10.5 Å². The van der Waals surface area contributed by atoms with Gasteiger partial charge in [0.2, 0.25) is 12.0 Å². The number of amides is 2. The molecule has 0 aliphatic carbocycles. The maximum Gasteiger partial charge on any atom is 0.274 e. The van der Waals surface area contributed by atoms with Gasteiger partial charge < -0.3 is 10.1 Å². The molecule has 1 atom stereocenters. The number of fused-ring (bicyclic) bond motifs is 1. The molecule has 1 unspecified atom stereocenters. The minimum atomic E-state index is -0.714. The van der Waals surface area contributed by atoms with Gasteiger partial charge in [0.1, 0.15) is 0 Å². The number of rotatable bonds is 9. The summed E-state index contributed by atoms with van der Waals surface area (Å²) in [5, 5.41) is 2.97. The minimum absolute atomic E-state index is 0.0164. The van der Waals surface area contributed by atoms with Crippen LogP contribution < -0.4 is 15.0 Å². The van der Waals surface area contributed by atoms with Gasteiger partial charge in [-0.25, -0.2) is 4.98 Å². The van der Waals surface area contributed by atoms with Crippen LogP contribution in [0.1, 0.15) is 30.1 Å². The van der Waals surface area contributed by atoms with Crippen molar-refractivity contribution in [1.29, 1.82) is 0 Å². The summed E-state index contributed by atoms with van der Waals surface area (Å²) in [6, 6.07) is 21.4. The van der Waals surface area contributed by atoms with E-state index >= 15 is 0 Å². The molecule has 7 heteroatoms. The lowest BCUT2D eigenvalue weighted by molar-refractivity contribution is -0.127. The standard InChI is InChI=1S/C26H27N3O3S/c1-33-21-13-11-19(12-14-21)15-17-27-23(30)10-6-18-29-25-22(9-5-16-28-25)32-24(26(29)31)20-7-3-2-4-8-20/h2-5,7-9,11-14,16,24H,6,10,15,17-18H2,1H3,(H,27,30). The molecule has 1 N–H and O–H groups in total. The molecule has 170 valence electrons. The molecular formula is C26H27N3O3S. The van der Waals surface area contributed by atoms with Gasteiger partial charge in [-0.05, 0) is 48.9 Å². The first-order valence-corrected chi connectivity index (χ1v) is 12.3. The first kappa shape index (κ1) is 22.9. The topological polar surface area (TPSA) is 71.5 Å². The molecule has 0 spiro atoms. The lowest BCUT2D eigenvalue weighted by Crippen LogP contribution is -2.42. The van der Waals surface area contributed by atoms with Gasteiger partial charge in [-0.15, -0.1) is 11.8 Å². The maximum atomic E-state index is 13.2. The van der Waals surface area contributed by atoms with Crippen LogP contribution in [0.5, 0.6) is 5.75 Å². The van der Waals surface area contributed by atoms with Crippen molar-refractivity contribution in [2.75, 3.05) is 24.2 Å². The fourth-order valence-corrected chi connectivity index (χ4v) is 4.19. The van der Waals surface area contributed by atoms with E-state index in [1.54, 1.807) is 28.9 Å². The van der Waals surface area contributed by atoms with Gasteiger partial charge in [-0.1, -0.05) is 42.5 Å². The van der Waals surface area contributed by atoms with Gasteiger partial charge in [-0.3, -0.25) is 14.5 Å². The zero-order valence-electron chi connectivity index (χ0n) is 18.6. The van der Waals surface area contributed by atoms with E-state index in [0.717, 1.165) is 12.0 Å². The van der Waals surface area contributed by atoms with Crippen LogP contribution in [0.2, 0.25) is 0 Å². The van der Waals surface area contributed by atoms with Crippen LogP contribution in [0.3, 0.4) is 0 Å². The van der Waals surface area contributed by atoms with Crippen molar-refractivity contribution in [1.82, 2.24) is 10.3 Å². The number of carbonyl (C=O) groups excluding carboxylic acids is 2. The molecule has 2 amide bonds. The summed E-state index contributed by atoms with van der Waals surface area (Å²) in [7, 11) is 0. The number of anilines is 1. The van der Waals surface area contributed by atoms with E-state index < -0.39 is 6.10 Å². The number of pyridine rings is 1. The van der Waals surface area contributed by atoms with Crippen LogP contribution >= 0.6 is 11.8 Å².